The first-order valence-corrected chi connectivity index (χ1v) is 9.31. The second kappa shape index (κ2) is 5.97. The zero-order valence-electron chi connectivity index (χ0n) is 13.6. The fourth-order valence-corrected chi connectivity index (χ4v) is 3.86. The van der Waals surface area contributed by atoms with Crippen LogP contribution in [0.5, 0.6) is 0 Å². The number of thiophene rings is 1. The maximum atomic E-state index is 4.62. The van der Waals surface area contributed by atoms with E-state index in [2.05, 4.69) is 37.5 Å². The maximum Gasteiger partial charge on any atom is 0.168 e. The molecular weight excluding hydrogens is 330 g/mol. The van der Waals surface area contributed by atoms with Crippen LogP contribution in [-0.4, -0.2) is 25.8 Å². The number of rotatable bonds is 5. The molecule has 1 fully saturated rings. The summed E-state index contributed by atoms with van der Waals surface area (Å²) in [4.78, 5) is 12.9. The van der Waals surface area contributed by atoms with Crippen LogP contribution >= 0.6 is 11.3 Å². The molecule has 25 heavy (non-hydrogen) atoms. The summed E-state index contributed by atoms with van der Waals surface area (Å²) in [5, 5.41) is 7.71. The van der Waals surface area contributed by atoms with Crippen molar-refractivity contribution in [3.8, 4) is 5.69 Å². The number of anilines is 1. The van der Waals surface area contributed by atoms with Crippen molar-refractivity contribution in [3.05, 3.63) is 65.2 Å². The van der Waals surface area contributed by atoms with Gasteiger partial charge < -0.3 is 4.90 Å². The SMILES string of the molecule is c1ccc(-n2ncc3c(N(Cc4cccs4)C4CC4)ncnc32)cc1. The smallest absolute Gasteiger partial charge is 0.168 e. The Bertz CT molecular complexity index is 989. The molecule has 1 aliphatic rings. The molecule has 3 heterocycles. The fourth-order valence-electron chi connectivity index (χ4n) is 3.15. The van der Waals surface area contributed by atoms with E-state index in [4.69, 9.17) is 0 Å². The van der Waals surface area contributed by atoms with Crippen molar-refractivity contribution >= 4 is 28.2 Å². The zero-order chi connectivity index (χ0) is 16.6. The van der Waals surface area contributed by atoms with Crippen LogP contribution in [0.1, 0.15) is 17.7 Å². The van der Waals surface area contributed by atoms with Crippen molar-refractivity contribution < 1.29 is 0 Å². The van der Waals surface area contributed by atoms with E-state index < -0.39 is 0 Å². The van der Waals surface area contributed by atoms with Gasteiger partial charge in [0.15, 0.2) is 5.65 Å². The van der Waals surface area contributed by atoms with E-state index in [-0.39, 0.29) is 0 Å². The van der Waals surface area contributed by atoms with Crippen molar-refractivity contribution in [2.45, 2.75) is 25.4 Å². The standard InChI is InChI=1S/C19H17N5S/c1-2-5-15(6-3-1)24-19-17(11-22-24)18(20-13-21-19)23(14-8-9-14)12-16-7-4-10-25-16/h1-7,10-11,13-14H,8-9,12H2. The maximum absolute atomic E-state index is 4.62. The van der Waals surface area contributed by atoms with Gasteiger partial charge in [-0.25, -0.2) is 14.6 Å². The van der Waals surface area contributed by atoms with Crippen LogP contribution in [0.15, 0.2) is 60.4 Å². The molecule has 124 valence electrons. The van der Waals surface area contributed by atoms with Crippen molar-refractivity contribution in [3.63, 3.8) is 0 Å². The van der Waals surface area contributed by atoms with Gasteiger partial charge in [0.2, 0.25) is 0 Å². The van der Waals surface area contributed by atoms with E-state index in [1.54, 1.807) is 17.7 Å². The normalized spacial score (nSPS) is 14.1. The molecule has 0 bridgehead atoms. The number of benzene rings is 1. The first kappa shape index (κ1) is 14.6. The lowest BCUT2D eigenvalue weighted by molar-refractivity contribution is 0.789. The third kappa shape index (κ3) is 2.68. The lowest BCUT2D eigenvalue weighted by Crippen LogP contribution is -2.25. The topological polar surface area (TPSA) is 46.8 Å². The van der Waals surface area contributed by atoms with Crippen LogP contribution in [0.3, 0.4) is 0 Å². The van der Waals surface area contributed by atoms with E-state index in [1.165, 1.54) is 17.7 Å². The molecule has 4 aromatic rings. The Morgan fingerprint density at radius 2 is 1.96 bits per heavy atom. The summed E-state index contributed by atoms with van der Waals surface area (Å²) in [5.41, 5.74) is 1.87. The van der Waals surface area contributed by atoms with Gasteiger partial charge in [0, 0.05) is 10.9 Å². The average Bonchev–Trinajstić information content (AvgIpc) is 3.19. The molecular formula is C19H17N5S. The number of hydrogen-bond donors (Lipinski definition) is 0. The van der Waals surface area contributed by atoms with Gasteiger partial charge in [-0.05, 0) is 36.4 Å². The van der Waals surface area contributed by atoms with Crippen LogP contribution < -0.4 is 4.90 Å². The summed E-state index contributed by atoms with van der Waals surface area (Å²) in [5.74, 6) is 0.989. The Balaban J connectivity index is 1.60. The number of nitrogens with zero attached hydrogens (tertiary/aromatic N) is 5. The molecule has 0 aliphatic heterocycles. The lowest BCUT2D eigenvalue weighted by atomic mass is 10.3. The summed E-state index contributed by atoms with van der Waals surface area (Å²) in [7, 11) is 0. The predicted octanol–water partition coefficient (Wildman–Crippen LogP) is 4.05. The van der Waals surface area contributed by atoms with Crippen LogP contribution in [0.25, 0.3) is 16.7 Å². The summed E-state index contributed by atoms with van der Waals surface area (Å²) in [6.07, 6.45) is 6.00. The highest BCUT2D eigenvalue weighted by Gasteiger charge is 2.32. The molecule has 0 N–H and O–H groups in total. The van der Waals surface area contributed by atoms with Crippen LogP contribution in [0, 0.1) is 0 Å². The third-order valence-corrected chi connectivity index (χ3v) is 5.37. The molecule has 1 aliphatic carbocycles. The number of fused-ring (bicyclic) bond motifs is 1. The number of hydrogen-bond acceptors (Lipinski definition) is 5. The quantitative estimate of drug-likeness (QED) is 0.546. The fraction of sp³-hybridized carbons (Fsp3) is 0.211. The molecule has 1 aromatic carbocycles. The second-order valence-electron chi connectivity index (χ2n) is 6.26. The highest BCUT2D eigenvalue weighted by atomic mass is 32.1. The van der Waals surface area contributed by atoms with E-state index in [9.17, 15) is 0 Å². The molecule has 0 atom stereocenters. The molecule has 1 saturated carbocycles. The first-order chi connectivity index (χ1) is 12.4. The minimum atomic E-state index is 0.570. The molecule has 3 aromatic heterocycles. The Labute approximate surface area is 149 Å². The van der Waals surface area contributed by atoms with Crippen molar-refractivity contribution in [2.24, 2.45) is 0 Å². The van der Waals surface area contributed by atoms with Crippen molar-refractivity contribution in [2.75, 3.05) is 4.90 Å². The molecule has 5 rings (SSSR count). The minimum Gasteiger partial charge on any atom is -0.348 e. The van der Waals surface area contributed by atoms with Gasteiger partial charge in [0.05, 0.1) is 23.8 Å². The molecule has 0 saturated heterocycles. The average molecular weight is 347 g/mol. The molecule has 0 radical (unpaired) electrons. The summed E-state index contributed by atoms with van der Waals surface area (Å²) < 4.78 is 1.89. The lowest BCUT2D eigenvalue weighted by Gasteiger charge is -2.23. The Kier molecular flexibility index (Phi) is 3.48. The largest absolute Gasteiger partial charge is 0.348 e. The molecule has 5 nitrogen and oxygen atoms in total. The highest BCUT2D eigenvalue weighted by molar-refractivity contribution is 7.09. The van der Waals surface area contributed by atoms with Gasteiger partial charge in [-0.15, -0.1) is 11.3 Å². The van der Waals surface area contributed by atoms with Crippen LogP contribution in [0.2, 0.25) is 0 Å². The molecule has 0 amide bonds. The summed E-state index contributed by atoms with van der Waals surface area (Å²) >= 11 is 1.79. The Morgan fingerprint density at radius 1 is 1.08 bits per heavy atom. The van der Waals surface area contributed by atoms with Gasteiger partial charge in [0.1, 0.15) is 12.1 Å². The Morgan fingerprint density at radius 3 is 2.72 bits per heavy atom. The van der Waals surface area contributed by atoms with Gasteiger partial charge >= 0.3 is 0 Å². The van der Waals surface area contributed by atoms with Crippen molar-refractivity contribution in [1.82, 2.24) is 19.7 Å². The number of para-hydroxylation sites is 1. The van der Waals surface area contributed by atoms with E-state index in [0.29, 0.717) is 6.04 Å². The first-order valence-electron chi connectivity index (χ1n) is 8.43. The molecule has 0 unspecified atom stereocenters. The zero-order valence-corrected chi connectivity index (χ0v) is 14.4. The van der Waals surface area contributed by atoms with E-state index in [1.807, 2.05) is 41.2 Å². The summed E-state index contributed by atoms with van der Waals surface area (Å²) in [6, 6.07) is 15.0. The molecule has 0 spiro atoms. The van der Waals surface area contributed by atoms with Gasteiger partial charge in [-0.1, -0.05) is 24.3 Å². The number of aromatic nitrogens is 4. The summed E-state index contributed by atoms with van der Waals surface area (Å²) in [6.45, 7) is 0.894. The van der Waals surface area contributed by atoms with Crippen molar-refractivity contribution in [1.29, 1.82) is 0 Å². The monoisotopic (exact) mass is 347 g/mol. The van der Waals surface area contributed by atoms with Crippen LogP contribution in [-0.2, 0) is 6.54 Å². The van der Waals surface area contributed by atoms with Crippen LogP contribution in [0.4, 0.5) is 5.82 Å². The predicted molar refractivity (Wildman–Crippen MR) is 100 cm³/mol. The highest BCUT2D eigenvalue weighted by Crippen LogP contribution is 2.35. The molecule has 6 heteroatoms. The minimum absolute atomic E-state index is 0.570. The van der Waals surface area contributed by atoms with E-state index in [0.717, 1.165) is 29.1 Å². The van der Waals surface area contributed by atoms with Gasteiger partial charge in [-0.3, -0.25) is 0 Å². The Hall–Kier alpha value is -2.73. The van der Waals surface area contributed by atoms with E-state index >= 15 is 0 Å². The second-order valence-corrected chi connectivity index (χ2v) is 7.30. The third-order valence-electron chi connectivity index (χ3n) is 4.51. The van der Waals surface area contributed by atoms with Gasteiger partial charge in [0.25, 0.3) is 0 Å². The van der Waals surface area contributed by atoms with Gasteiger partial charge in [-0.2, -0.15) is 5.10 Å².